The number of carbonyl (C=O) groups is 2. The minimum absolute atomic E-state index is 0.126. The van der Waals surface area contributed by atoms with Gasteiger partial charge in [-0.2, -0.15) is 5.48 Å². The average molecular weight is 317 g/mol. The predicted octanol–water partition coefficient (Wildman–Crippen LogP) is 0.999. The van der Waals surface area contributed by atoms with Gasteiger partial charge in [0, 0.05) is 6.54 Å². The molecule has 8 nitrogen and oxygen atoms in total. The van der Waals surface area contributed by atoms with Gasteiger partial charge in [-0.3, -0.25) is 4.79 Å². The van der Waals surface area contributed by atoms with E-state index in [0.717, 1.165) is 5.57 Å². The maximum atomic E-state index is 11.4. The van der Waals surface area contributed by atoms with E-state index in [0.29, 0.717) is 25.8 Å². The second kappa shape index (κ2) is 10.1. The van der Waals surface area contributed by atoms with Crippen LogP contribution in [0.5, 0.6) is 0 Å². The Hall–Kier alpha value is -1.64. The maximum absolute atomic E-state index is 11.4. The van der Waals surface area contributed by atoms with E-state index < -0.39 is 23.6 Å². The number of hydroxylamine groups is 1. The summed E-state index contributed by atoms with van der Waals surface area (Å²) in [5.74, 6) is -1.02. The van der Waals surface area contributed by atoms with Gasteiger partial charge < -0.3 is 26.1 Å². The van der Waals surface area contributed by atoms with Gasteiger partial charge in [-0.05, 0) is 45.6 Å². The van der Waals surface area contributed by atoms with Crippen molar-refractivity contribution in [3.8, 4) is 0 Å². The molecule has 0 aromatic carbocycles. The number of carbonyl (C=O) groups excluding carboxylic acids is 1. The number of carboxylic acids is 1. The van der Waals surface area contributed by atoms with Gasteiger partial charge in [0.05, 0.1) is 5.54 Å². The molecule has 0 aromatic heterocycles. The molecular formula is C14H27N3O5. The lowest BCUT2D eigenvalue weighted by Crippen LogP contribution is -2.35. The summed E-state index contributed by atoms with van der Waals surface area (Å²) in [4.78, 5) is 21.9. The molecule has 0 spiro atoms. The summed E-state index contributed by atoms with van der Waals surface area (Å²) in [6.45, 7) is 5.87. The molecule has 0 rings (SSSR count). The van der Waals surface area contributed by atoms with Crippen molar-refractivity contribution in [2.24, 2.45) is 5.73 Å². The molecule has 0 unspecified atom stereocenters. The molecule has 0 saturated carbocycles. The van der Waals surface area contributed by atoms with Gasteiger partial charge in [-0.15, -0.1) is 0 Å². The van der Waals surface area contributed by atoms with Gasteiger partial charge in [0.2, 0.25) is 0 Å². The summed E-state index contributed by atoms with van der Waals surface area (Å²) in [6, 6.07) is -0.858. The minimum atomic E-state index is -1.02. The van der Waals surface area contributed by atoms with Crippen LogP contribution in [0.2, 0.25) is 0 Å². The summed E-state index contributed by atoms with van der Waals surface area (Å²) in [5, 5.41) is 20.1. The van der Waals surface area contributed by atoms with Crippen LogP contribution < -0.4 is 16.5 Å². The van der Waals surface area contributed by atoms with E-state index in [9.17, 15) is 9.59 Å². The second-order valence-electron chi connectivity index (χ2n) is 5.77. The molecule has 0 radical (unpaired) electrons. The Labute approximate surface area is 130 Å². The third kappa shape index (κ3) is 10.1. The molecule has 0 saturated heterocycles. The van der Waals surface area contributed by atoms with Crippen LogP contribution in [0.4, 0.5) is 4.79 Å². The molecule has 128 valence electrons. The largest absolute Gasteiger partial charge is 0.480 e. The number of amides is 1. The zero-order chi connectivity index (χ0) is 17.2. The van der Waals surface area contributed by atoms with Crippen LogP contribution in [-0.4, -0.2) is 47.1 Å². The van der Waals surface area contributed by atoms with Crippen LogP contribution in [0.25, 0.3) is 0 Å². The van der Waals surface area contributed by atoms with Crippen molar-refractivity contribution >= 4 is 12.1 Å². The Morgan fingerprint density at radius 1 is 1.36 bits per heavy atom. The van der Waals surface area contributed by atoms with Crippen LogP contribution in [0.1, 0.15) is 40.0 Å². The first kappa shape index (κ1) is 20.4. The molecule has 1 atom stereocenters. The van der Waals surface area contributed by atoms with Gasteiger partial charge in [0.25, 0.3) is 0 Å². The fourth-order valence-corrected chi connectivity index (χ4v) is 1.72. The molecule has 8 heteroatoms. The number of carboxylic acid groups (broad SMARTS) is 1. The highest BCUT2D eigenvalue weighted by molar-refractivity contribution is 5.72. The lowest BCUT2D eigenvalue weighted by atomic mass is 10.0. The zero-order valence-electron chi connectivity index (χ0n) is 13.4. The Morgan fingerprint density at radius 2 is 2.00 bits per heavy atom. The summed E-state index contributed by atoms with van der Waals surface area (Å²) in [7, 11) is 0. The van der Waals surface area contributed by atoms with E-state index in [1.54, 1.807) is 26.8 Å². The van der Waals surface area contributed by atoms with Crippen LogP contribution in [0, 0.1) is 0 Å². The predicted molar refractivity (Wildman–Crippen MR) is 81.6 cm³/mol. The summed E-state index contributed by atoms with van der Waals surface area (Å²) in [5.41, 5.74) is 7.71. The molecule has 1 amide bonds. The molecule has 0 heterocycles. The van der Waals surface area contributed by atoms with Crippen molar-refractivity contribution in [1.82, 2.24) is 10.8 Å². The molecule has 0 aromatic rings. The average Bonchev–Trinajstić information content (AvgIpc) is 2.44. The Kier molecular flexibility index (Phi) is 9.39. The number of alkyl carbamates (subject to hydrolysis) is 1. The van der Waals surface area contributed by atoms with Gasteiger partial charge in [-0.1, -0.05) is 6.08 Å². The fraction of sp³-hybridized carbons (Fsp3) is 0.714. The second-order valence-corrected chi connectivity index (χ2v) is 5.77. The monoisotopic (exact) mass is 317 g/mol. The maximum Gasteiger partial charge on any atom is 0.407 e. The van der Waals surface area contributed by atoms with E-state index in [1.165, 1.54) is 0 Å². The quantitative estimate of drug-likeness (QED) is 0.230. The van der Waals surface area contributed by atoms with Gasteiger partial charge in [0.1, 0.15) is 12.6 Å². The van der Waals surface area contributed by atoms with Crippen LogP contribution >= 0.6 is 0 Å². The van der Waals surface area contributed by atoms with Crippen molar-refractivity contribution in [2.45, 2.75) is 51.6 Å². The SMILES string of the molecule is C/C(=C\C(C)(C)NO)COC(=O)NCCCC[C@H](N)C(=O)O. The number of hydrogen-bond donors (Lipinski definition) is 5. The molecule has 0 bridgehead atoms. The highest BCUT2D eigenvalue weighted by Crippen LogP contribution is 2.07. The van der Waals surface area contributed by atoms with E-state index in [1.807, 2.05) is 0 Å². The van der Waals surface area contributed by atoms with Crippen molar-refractivity contribution in [3.05, 3.63) is 11.6 Å². The topological polar surface area (TPSA) is 134 Å². The molecule has 0 fully saturated rings. The molecule has 22 heavy (non-hydrogen) atoms. The van der Waals surface area contributed by atoms with E-state index in [2.05, 4.69) is 10.8 Å². The van der Waals surface area contributed by atoms with Crippen molar-refractivity contribution in [3.63, 3.8) is 0 Å². The number of nitrogens with two attached hydrogens (primary N) is 1. The van der Waals surface area contributed by atoms with E-state index in [4.69, 9.17) is 20.8 Å². The normalized spacial score (nSPS) is 13.6. The number of nitrogens with one attached hydrogen (secondary N) is 2. The first-order valence-corrected chi connectivity index (χ1v) is 7.16. The van der Waals surface area contributed by atoms with Crippen molar-refractivity contribution < 1.29 is 24.6 Å². The highest BCUT2D eigenvalue weighted by atomic mass is 16.5. The third-order valence-corrected chi connectivity index (χ3v) is 2.85. The Morgan fingerprint density at radius 3 is 2.55 bits per heavy atom. The molecule has 0 aliphatic carbocycles. The van der Waals surface area contributed by atoms with Crippen LogP contribution in [-0.2, 0) is 9.53 Å². The van der Waals surface area contributed by atoms with E-state index >= 15 is 0 Å². The Bertz CT molecular complexity index is 396. The van der Waals surface area contributed by atoms with Gasteiger partial charge >= 0.3 is 12.1 Å². The smallest absolute Gasteiger partial charge is 0.407 e. The summed E-state index contributed by atoms with van der Waals surface area (Å²) >= 11 is 0. The van der Waals surface area contributed by atoms with Crippen molar-refractivity contribution in [1.29, 1.82) is 0 Å². The fourth-order valence-electron chi connectivity index (χ4n) is 1.72. The number of aliphatic carboxylic acids is 1. The number of hydrogen-bond acceptors (Lipinski definition) is 6. The van der Waals surface area contributed by atoms with Gasteiger partial charge in [-0.25, -0.2) is 4.79 Å². The van der Waals surface area contributed by atoms with Crippen LogP contribution in [0.15, 0.2) is 11.6 Å². The minimum Gasteiger partial charge on any atom is -0.480 e. The molecule has 6 N–H and O–H groups in total. The highest BCUT2D eigenvalue weighted by Gasteiger charge is 2.13. The zero-order valence-corrected chi connectivity index (χ0v) is 13.4. The first-order chi connectivity index (χ1) is 10.2. The molecule has 0 aliphatic rings. The Balaban J connectivity index is 3.81. The van der Waals surface area contributed by atoms with Gasteiger partial charge in [0.15, 0.2) is 0 Å². The number of unbranched alkanes of at least 4 members (excludes halogenated alkanes) is 1. The standard InChI is InChI=1S/C14H27N3O5/c1-10(8-14(2,3)17-21)9-22-13(20)16-7-5-4-6-11(15)12(18)19/h8,11,17,21H,4-7,9,15H2,1-3H3,(H,16,20)(H,18,19)/b10-8+/t11-/m0/s1. The van der Waals surface area contributed by atoms with Crippen LogP contribution in [0.3, 0.4) is 0 Å². The molecular weight excluding hydrogens is 290 g/mol. The summed E-state index contributed by atoms with van der Waals surface area (Å²) in [6.07, 6.45) is 2.84. The first-order valence-electron chi connectivity index (χ1n) is 7.16. The lowest BCUT2D eigenvalue weighted by molar-refractivity contribution is -0.138. The number of rotatable bonds is 10. The lowest BCUT2D eigenvalue weighted by Gasteiger charge is -2.19. The third-order valence-electron chi connectivity index (χ3n) is 2.85. The van der Waals surface area contributed by atoms with Crippen molar-refractivity contribution in [2.75, 3.05) is 13.2 Å². The van der Waals surface area contributed by atoms with E-state index in [-0.39, 0.29) is 6.61 Å². The molecule has 0 aliphatic heterocycles. The number of ether oxygens (including phenoxy) is 1. The summed E-state index contributed by atoms with van der Waals surface area (Å²) < 4.78 is 5.01.